The van der Waals surface area contributed by atoms with Crippen LogP contribution in [-0.4, -0.2) is 25.4 Å². The molecule has 35 heavy (non-hydrogen) atoms. The second kappa shape index (κ2) is 19.0. The van der Waals surface area contributed by atoms with Gasteiger partial charge in [0.15, 0.2) is 0 Å². The summed E-state index contributed by atoms with van der Waals surface area (Å²) in [5.41, 5.74) is 11.4. The van der Waals surface area contributed by atoms with Crippen LogP contribution in [-0.2, 0) is 15.1 Å². The number of hydrogen-bond donors (Lipinski definition) is 2. The quantitative estimate of drug-likeness (QED) is 0.199. The van der Waals surface area contributed by atoms with E-state index in [0.717, 1.165) is 25.4 Å². The van der Waals surface area contributed by atoms with Crippen LogP contribution in [0.2, 0.25) is 0 Å². The summed E-state index contributed by atoms with van der Waals surface area (Å²) in [6, 6.07) is 42.7. The Bertz CT molecular complexity index is 866. The fraction of sp³-hybridized carbons (Fsp3) is 0.143. The molecule has 0 saturated heterocycles. The van der Waals surface area contributed by atoms with Crippen molar-refractivity contribution in [1.29, 1.82) is 0 Å². The van der Waals surface area contributed by atoms with E-state index in [1.54, 1.807) is 0 Å². The Morgan fingerprint density at radius 3 is 0.829 bits per heavy atom. The summed E-state index contributed by atoms with van der Waals surface area (Å²) in [5, 5.41) is 5.64. The fourth-order valence-corrected chi connectivity index (χ4v) is 7.78. The van der Waals surface area contributed by atoms with Crippen LogP contribution in [0.25, 0.3) is 0 Å². The summed E-state index contributed by atoms with van der Waals surface area (Å²) in [7, 11) is 9.16. The summed E-state index contributed by atoms with van der Waals surface area (Å²) >= 11 is -0.346. The molecule has 7 heteroatoms. The molecule has 0 spiro atoms. The van der Waals surface area contributed by atoms with E-state index in [1.165, 1.54) is 21.2 Å². The summed E-state index contributed by atoms with van der Waals surface area (Å²) in [4.78, 5) is 0. The molecule has 184 valence electrons. The van der Waals surface area contributed by atoms with Crippen LogP contribution < -0.4 is 32.7 Å². The molecular formula is C28H32Cl2N2P2Ru+2. The molecule has 0 bridgehead atoms. The summed E-state index contributed by atoms with van der Waals surface area (Å²) < 4.78 is 0. The van der Waals surface area contributed by atoms with Crippen molar-refractivity contribution in [3.63, 3.8) is 0 Å². The molecule has 0 aliphatic rings. The third kappa shape index (κ3) is 11.2. The number of rotatable bonds is 8. The molecule has 0 atom stereocenters. The van der Waals surface area contributed by atoms with E-state index in [-0.39, 0.29) is 31.0 Å². The Morgan fingerprint density at radius 2 is 0.657 bits per heavy atom. The molecule has 0 aromatic heterocycles. The Morgan fingerprint density at radius 1 is 0.457 bits per heavy atom. The molecule has 4 aromatic rings. The van der Waals surface area contributed by atoms with E-state index in [9.17, 15) is 0 Å². The first-order valence-electron chi connectivity index (χ1n) is 11.3. The number of hydrogen-bond acceptors (Lipinski definition) is 2. The van der Waals surface area contributed by atoms with Crippen molar-refractivity contribution in [1.82, 2.24) is 0 Å². The number of nitrogens with two attached hydrogens (primary N) is 2. The van der Waals surface area contributed by atoms with Crippen molar-refractivity contribution in [3.05, 3.63) is 121 Å². The van der Waals surface area contributed by atoms with Gasteiger partial charge in [-0.2, -0.15) is 0 Å². The normalized spacial score (nSPS) is 10.2. The van der Waals surface area contributed by atoms with Crippen molar-refractivity contribution >= 4 is 56.4 Å². The van der Waals surface area contributed by atoms with Gasteiger partial charge < -0.3 is 11.5 Å². The topological polar surface area (TPSA) is 52.0 Å². The average Bonchev–Trinajstić information content (AvgIpc) is 2.93. The van der Waals surface area contributed by atoms with Gasteiger partial charge in [0.25, 0.3) is 0 Å². The summed E-state index contributed by atoms with van der Waals surface area (Å²) in [5.74, 6) is 0. The predicted molar refractivity (Wildman–Crippen MR) is 158 cm³/mol. The van der Waals surface area contributed by atoms with E-state index in [1.807, 2.05) is 0 Å². The molecule has 0 radical (unpaired) electrons. The summed E-state index contributed by atoms with van der Waals surface area (Å²) in [6.07, 6.45) is 2.12. The van der Waals surface area contributed by atoms with Crippen LogP contribution in [0.4, 0.5) is 0 Å². The molecule has 0 aliphatic heterocycles. The average molecular weight is 631 g/mol. The van der Waals surface area contributed by atoms with E-state index in [2.05, 4.69) is 121 Å². The van der Waals surface area contributed by atoms with Gasteiger partial charge in [0.2, 0.25) is 0 Å². The van der Waals surface area contributed by atoms with Crippen molar-refractivity contribution < 1.29 is 15.1 Å². The Balaban J connectivity index is 0.000000222. The molecule has 0 saturated carbocycles. The maximum absolute atomic E-state index is 5.72. The van der Waals surface area contributed by atoms with Gasteiger partial charge in [0.05, 0.1) is 0 Å². The zero-order chi connectivity index (χ0) is 25.1. The van der Waals surface area contributed by atoms with E-state index in [4.69, 9.17) is 30.8 Å². The Kier molecular flexibility index (Phi) is 16.4. The number of benzene rings is 4. The molecule has 4 aromatic carbocycles. The van der Waals surface area contributed by atoms with Crippen LogP contribution in [0.15, 0.2) is 121 Å². The molecule has 4 N–H and O–H groups in total. The third-order valence-electron chi connectivity index (χ3n) is 4.98. The van der Waals surface area contributed by atoms with Gasteiger partial charge in [-0.25, -0.2) is 0 Å². The Hall–Kier alpha value is -1.14. The van der Waals surface area contributed by atoms with Crippen molar-refractivity contribution in [2.24, 2.45) is 11.5 Å². The van der Waals surface area contributed by atoms with Gasteiger partial charge in [-0.05, 0) is 62.5 Å². The van der Waals surface area contributed by atoms with Gasteiger partial charge in [-0.15, -0.1) is 0 Å². The van der Waals surface area contributed by atoms with Crippen LogP contribution in [0.3, 0.4) is 0 Å². The number of halogens is 2. The SMILES string of the molecule is NCCP(c1ccccc1)c1ccccc1.NCCP(c1ccccc1)c1ccccc1.[Cl][Ru+2][Cl]. The molecule has 0 aliphatic carbocycles. The van der Waals surface area contributed by atoms with Gasteiger partial charge in [-0.3, -0.25) is 0 Å². The maximum atomic E-state index is 5.72. The van der Waals surface area contributed by atoms with Gasteiger partial charge in [0.1, 0.15) is 0 Å². The van der Waals surface area contributed by atoms with Crippen molar-refractivity contribution in [3.8, 4) is 0 Å². The molecule has 4 rings (SSSR count). The molecule has 0 fully saturated rings. The minimum absolute atomic E-state index is 0.276. The van der Waals surface area contributed by atoms with E-state index >= 15 is 0 Å². The first kappa shape index (κ1) is 30.1. The summed E-state index contributed by atoms with van der Waals surface area (Å²) in [6.45, 7) is 1.49. The standard InChI is InChI=1S/2C14H16NP.2ClH.Ru/c2*15-11-12-16(13-7-3-1-4-8-13)14-9-5-2-6-10-14;;;/h2*1-10H,11-12,15H2;2*1H;/q;;;;+4/p-2. The first-order valence-corrected chi connectivity index (χ1v) is 18.8. The molecule has 0 amide bonds. The van der Waals surface area contributed by atoms with Gasteiger partial charge in [0, 0.05) is 0 Å². The van der Waals surface area contributed by atoms with E-state index in [0.29, 0.717) is 0 Å². The monoisotopic (exact) mass is 630 g/mol. The van der Waals surface area contributed by atoms with Gasteiger partial charge >= 0.3 is 34.5 Å². The second-order valence-electron chi connectivity index (χ2n) is 7.27. The first-order chi connectivity index (χ1) is 17.2. The van der Waals surface area contributed by atoms with Gasteiger partial charge in [-0.1, -0.05) is 121 Å². The van der Waals surface area contributed by atoms with Crippen molar-refractivity contribution in [2.45, 2.75) is 0 Å². The van der Waals surface area contributed by atoms with Crippen LogP contribution in [0.1, 0.15) is 0 Å². The minimum atomic E-state index is -0.346. The van der Waals surface area contributed by atoms with Crippen LogP contribution in [0.5, 0.6) is 0 Å². The zero-order valence-electron chi connectivity index (χ0n) is 19.5. The second-order valence-corrected chi connectivity index (χ2v) is 14.6. The third-order valence-corrected chi connectivity index (χ3v) is 10.1. The Labute approximate surface area is 228 Å². The molecular weight excluding hydrogens is 598 g/mol. The molecule has 0 unspecified atom stereocenters. The van der Waals surface area contributed by atoms with Crippen molar-refractivity contribution in [2.75, 3.05) is 25.4 Å². The molecule has 0 heterocycles. The van der Waals surface area contributed by atoms with Crippen LogP contribution >= 0.6 is 35.2 Å². The van der Waals surface area contributed by atoms with Crippen LogP contribution in [0, 0.1) is 0 Å². The predicted octanol–water partition coefficient (Wildman–Crippen LogP) is 5.53. The fourth-order valence-electron chi connectivity index (χ4n) is 3.50. The van der Waals surface area contributed by atoms with E-state index < -0.39 is 0 Å². The zero-order valence-corrected chi connectivity index (χ0v) is 24.6. The molecule has 2 nitrogen and oxygen atoms in total.